The number of aryl methyl sites for hydroxylation is 1. The fourth-order valence-electron chi connectivity index (χ4n) is 2.90. The SMILES string of the molecule is Cc1cc(C(F)(F)F)c2ccc3nc(N4CCNC4=O)cn3c2n1. The molecule has 0 saturated carbocycles. The molecule has 0 bridgehead atoms. The van der Waals surface area contributed by atoms with Gasteiger partial charge >= 0.3 is 12.2 Å². The molecule has 0 unspecified atom stereocenters. The number of pyridine rings is 2. The summed E-state index contributed by atoms with van der Waals surface area (Å²) in [5.74, 6) is 0.384. The highest BCUT2D eigenvalue weighted by Gasteiger charge is 2.34. The first kappa shape index (κ1) is 14.7. The minimum Gasteiger partial charge on any atom is -0.336 e. The molecule has 4 rings (SSSR count). The lowest BCUT2D eigenvalue weighted by atomic mass is 10.1. The van der Waals surface area contributed by atoms with E-state index in [-0.39, 0.29) is 22.8 Å². The number of aromatic nitrogens is 3. The van der Waals surface area contributed by atoms with Gasteiger partial charge in [-0.2, -0.15) is 13.2 Å². The van der Waals surface area contributed by atoms with Crippen molar-refractivity contribution in [2.75, 3.05) is 18.0 Å². The number of fused-ring (bicyclic) bond motifs is 3. The third-order valence-corrected chi connectivity index (χ3v) is 3.95. The largest absolute Gasteiger partial charge is 0.417 e. The van der Waals surface area contributed by atoms with Crippen molar-refractivity contribution >= 4 is 28.5 Å². The lowest BCUT2D eigenvalue weighted by Gasteiger charge is -2.12. The Balaban J connectivity index is 1.99. The molecular formula is C15H12F3N5O. The average Bonchev–Trinajstić information content (AvgIpc) is 3.10. The van der Waals surface area contributed by atoms with Crippen molar-refractivity contribution in [1.82, 2.24) is 19.7 Å². The highest BCUT2D eigenvalue weighted by molar-refractivity contribution is 5.93. The minimum atomic E-state index is -4.47. The van der Waals surface area contributed by atoms with E-state index in [2.05, 4.69) is 15.3 Å². The molecule has 6 nitrogen and oxygen atoms in total. The van der Waals surface area contributed by atoms with Gasteiger partial charge < -0.3 is 5.32 Å². The maximum atomic E-state index is 13.3. The van der Waals surface area contributed by atoms with Crippen molar-refractivity contribution < 1.29 is 18.0 Å². The Hall–Kier alpha value is -2.84. The van der Waals surface area contributed by atoms with E-state index in [0.29, 0.717) is 24.6 Å². The Morgan fingerprint density at radius 2 is 2.04 bits per heavy atom. The molecule has 1 fully saturated rings. The molecule has 2 amide bonds. The first-order chi connectivity index (χ1) is 11.3. The van der Waals surface area contributed by atoms with Gasteiger partial charge in [0, 0.05) is 24.2 Å². The molecule has 124 valence electrons. The van der Waals surface area contributed by atoms with Crippen molar-refractivity contribution in [3.05, 3.63) is 35.7 Å². The zero-order valence-corrected chi connectivity index (χ0v) is 12.6. The van der Waals surface area contributed by atoms with E-state index in [1.165, 1.54) is 34.6 Å². The molecule has 0 atom stereocenters. The maximum absolute atomic E-state index is 13.3. The van der Waals surface area contributed by atoms with Gasteiger partial charge in [0.2, 0.25) is 0 Å². The number of urea groups is 1. The van der Waals surface area contributed by atoms with Crippen LogP contribution < -0.4 is 10.2 Å². The van der Waals surface area contributed by atoms with Crippen LogP contribution in [-0.4, -0.2) is 33.5 Å². The Bertz CT molecular complexity index is 979. The van der Waals surface area contributed by atoms with Crippen LogP contribution in [0.3, 0.4) is 0 Å². The summed E-state index contributed by atoms with van der Waals surface area (Å²) >= 11 is 0. The van der Waals surface area contributed by atoms with Crippen molar-refractivity contribution in [2.45, 2.75) is 13.1 Å². The van der Waals surface area contributed by atoms with E-state index in [1.54, 1.807) is 0 Å². The number of carbonyl (C=O) groups excluding carboxylic acids is 1. The monoisotopic (exact) mass is 335 g/mol. The van der Waals surface area contributed by atoms with Crippen LogP contribution in [0, 0.1) is 6.92 Å². The Morgan fingerprint density at radius 3 is 2.71 bits per heavy atom. The van der Waals surface area contributed by atoms with Gasteiger partial charge in [-0.1, -0.05) is 0 Å². The second kappa shape index (κ2) is 4.83. The molecular weight excluding hydrogens is 323 g/mol. The van der Waals surface area contributed by atoms with Crippen LogP contribution in [0.15, 0.2) is 24.4 Å². The summed E-state index contributed by atoms with van der Waals surface area (Å²) in [5.41, 5.74) is 0.124. The van der Waals surface area contributed by atoms with Crippen LogP contribution in [0.4, 0.5) is 23.8 Å². The van der Waals surface area contributed by atoms with Gasteiger partial charge in [-0.25, -0.2) is 14.8 Å². The van der Waals surface area contributed by atoms with E-state index >= 15 is 0 Å². The van der Waals surface area contributed by atoms with E-state index in [1.807, 2.05) is 0 Å². The summed E-state index contributed by atoms with van der Waals surface area (Å²) in [5, 5.41) is 2.66. The van der Waals surface area contributed by atoms with Gasteiger partial charge in [-0.05, 0) is 25.1 Å². The maximum Gasteiger partial charge on any atom is 0.417 e. The molecule has 0 aliphatic carbocycles. The van der Waals surface area contributed by atoms with Gasteiger partial charge in [0.15, 0.2) is 5.82 Å². The van der Waals surface area contributed by atoms with Gasteiger partial charge in [-0.3, -0.25) is 9.30 Å². The summed E-state index contributed by atoms with van der Waals surface area (Å²) < 4.78 is 41.3. The molecule has 3 aromatic rings. The predicted molar refractivity (Wildman–Crippen MR) is 81.0 cm³/mol. The second-order valence-electron chi connectivity index (χ2n) is 5.59. The molecule has 1 saturated heterocycles. The van der Waals surface area contributed by atoms with E-state index in [9.17, 15) is 18.0 Å². The number of rotatable bonds is 1. The molecule has 9 heteroatoms. The normalized spacial score (nSPS) is 15.5. The van der Waals surface area contributed by atoms with Crippen LogP contribution in [0.2, 0.25) is 0 Å². The van der Waals surface area contributed by atoms with Crippen LogP contribution in [0.5, 0.6) is 0 Å². The highest BCUT2D eigenvalue weighted by atomic mass is 19.4. The van der Waals surface area contributed by atoms with Gasteiger partial charge in [0.25, 0.3) is 0 Å². The summed E-state index contributed by atoms with van der Waals surface area (Å²) in [7, 11) is 0. The number of hydrogen-bond acceptors (Lipinski definition) is 3. The minimum absolute atomic E-state index is 0.00424. The lowest BCUT2D eigenvalue weighted by Crippen LogP contribution is -2.27. The molecule has 0 spiro atoms. The molecule has 1 aliphatic rings. The molecule has 24 heavy (non-hydrogen) atoms. The van der Waals surface area contributed by atoms with Crippen molar-refractivity contribution in [3.8, 4) is 0 Å². The van der Waals surface area contributed by atoms with Crippen molar-refractivity contribution in [2.24, 2.45) is 0 Å². The number of halogens is 3. The number of hydrogen-bond donors (Lipinski definition) is 1. The summed E-state index contributed by atoms with van der Waals surface area (Å²) in [6.45, 7) is 2.48. The van der Waals surface area contributed by atoms with E-state index < -0.39 is 11.7 Å². The number of nitrogens with one attached hydrogen (secondary N) is 1. The number of anilines is 1. The van der Waals surface area contributed by atoms with E-state index in [4.69, 9.17) is 0 Å². The fraction of sp³-hybridized carbons (Fsp3) is 0.267. The fourth-order valence-corrected chi connectivity index (χ4v) is 2.90. The predicted octanol–water partition coefficient (Wildman–Crippen LogP) is 2.74. The number of nitrogens with zero attached hydrogens (tertiary/aromatic N) is 4. The molecule has 0 radical (unpaired) electrons. The second-order valence-corrected chi connectivity index (χ2v) is 5.59. The average molecular weight is 335 g/mol. The number of imidazole rings is 1. The number of alkyl halides is 3. The number of carbonyl (C=O) groups is 1. The first-order valence-electron chi connectivity index (χ1n) is 7.26. The van der Waals surface area contributed by atoms with Gasteiger partial charge in [0.05, 0.1) is 11.8 Å². The molecule has 0 aromatic carbocycles. The Morgan fingerprint density at radius 1 is 1.25 bits per heavy atom. The van der Waals surface area contributed by atoms with Crippen LogP contribution >= 0.6 is 0 Å². The summed E-state index contributed by atoms with van der Waals surface area (Å²) in [6.07, 6.45) is -2.94. The molecule has 1 aliphatic heterocycles. The third-order valence-electron chi connectivity index (χ3n) is 3.95. The van der Waals surface area contributed by atoms with Gasteiger partial charge in [-0.15, -0.1) is 0 Å². The molecule has 4 heterocycles. The standard InChI is InChI=1S/C15H12F3N5O/c1-8-6-10(15(16,17)18)9-2-3-11-21-12(7-23(11)13(9)20-8)22-5-4-19-14(22)24/h2-3,6-7H,4-5H2,1H3,(H,19,24). The van der Waals surface area contributed by atoms with Crippen LogP contribution in [-0.2, 0) is 6.18 Å². The van der Waals surface area contributed by atoms with Gasteiger partial charge in [0.1, 0.15) is 11.3 Å². The Labute approximate surface area is 133 Å². The zero-order valence-electron chi connectivity index (χ0n) is 12.6. The smallest absolute Gasteiger partial charge is 0.336 e. The lowest BCUT2D eigenvalue weighted by molar-refractivity contribution is -0.136. The van der Waals surface area contributed by atoms with Crippen LogP contribution in [0.1, 0.15) is 11.3 Å². The van der Waals surface area contributed by atoms with Crippen molar-refractivity contribution in [3.63, 3.8) is 0 Å². The topological polar surface area (TPSA) is 62.5 Å². The molecule has 3 aromatic heterocycles. The van der Waals surface area contributed by atoms with Crippen LogP contribution in [0.25, 0.3) is 16.7 Å². The summed E-state index contributed by atoms with van der Waals surface area (Å²) in [4.78, 5) is 21.8. The molecule has 1 N–H and O–H groups in total. The zero-order chi connectivity index (χ0) is 17.1. The van der Waals surface area contributed by atoms with E-state index in [0.717, 1.165) is 6.07 Å². The third kappa shape index (κ3) is 2.15. The first-order valence-corrected chi connectivity index (χ1v) is 7.26. The van der Waals surface area contributed by atoms with Crippen molar-refractivity contribution in [1.29, 1.82) is 0 Å². The summed E-state index contributed by atoms with van der Waals surface area (Å²) in [6, 6.07) is 3.61. The highest BCUT2D eigenvalue weighted by Crippen LogP contribution is 2.35. The Kier molecular flexibility index (Phi) is 2.96. The number of amides is 2. The quantitative estimate of drug-likeness (QED) is 0.744.